The van der Waals surface area contributed by atoms with Crippen LogP contribution in [0, 0.1) is 5.82 Å². The number of anilines is 1. The summed E-state index contributed by atoms with van der Waals surface area (Å²) in [6.07, 6.45) is 5.43. The molecule has 1 amide bonds. The van der Waals surface area contributed by atoms with Crippen LogP contribution in [0.2, 0.25) is 0 Å². The smallest absolute Gasteiger partial charge is 0.257 e. The molecule has 0 aliphatic carbocycles. The van der Waals surface area contributed by atoms with Crippen LogP contribution >= 0.6 is 0 Å². The van der Waals surface area contributed by atoms with Crippen molar-refractivity contribution in [2.75, 3.05) is 5.32 Å². The maximum atomic E-state index is 13.1. The van der Waals surface area contributed by atoms with Gasteiger partial charge in [0.2, 0.25) is 0 Å². The predicted octanol–water partition coefficient (Wildman–Crippen LogP) is 2.26. The van der Waals surface area contributed by atoms with Crippen molar-refractivity contribution < 1.29 is 9.18 Å². The average molecular weight is 283 g/mol. The minimum atomic E-state index is -0.570. The van der Waals surface area contributed by atoms with Gasteiger partial charge in [0, 0.05) is 12.4 Å². The highest BCUT2D eigenvalue weighted by molar-refractivity contribution is 6.05. The minimum absolute atomic E-state index is 0.128. The number of H-pyrrole nitrogens is 1. The average Bonchev–Trinajstić information content (AvgIpc) is 2.96. The summed E-state index contributed by atoms with van der Waals surface area (Å²) in [5.41, 5.74) is 1.81. The topological polar surface area (TPSA) is 83.6 Å². The second-order valence-corrected chi connectivity index (χ2v) is 4.22. The second kappa shape index (κ2) is 5.49. The first kappa shape index (κ1) is 12.9. The van der Waals surface area contributed by atoms with Crippen LogP contribution in [0.1, 0.15) is 10.4 Å². The lowest BCUT2D eigenvalue weighted by Crippen LogP contribution is -2.12. The molecule has 0 saturated heterocycles. The van der Waals surface area contributed by atoms with Crippen molar-refractivity contribution in [3.63, 3.8) is 0 Å². The van der Waals surface area contributed by atoms with Crippen LogP contribution < -0.4 is 5.32 Å². The molecule has 0 atom stereocenters. The molecule has 2 N–H and O–H groups in total. The molecule has 0 aliphatic heterocycles. The van der Waals surface area contributed by atoms with Gasteiger partial charge in [0.1, 0.15) is 11.5 Å². The zero-order valence-electron chi connectivity index (χ0n) is 10.7. The van der Waals surface area contributed by atoms with Gasteiger partial charge in [0.15, 0.2) is 0 Å². The first-order valence-corrected chi connectivity index (χ1v) is 6.11. The Balaban J connectivity index is 1.87. The van der Waals surface area contributed by atoms with Gasteiger partial charge in [-0.15, -0.1) is 0 Å². The third kappa shape index (κ3) is 2.76. The fraction of sp³-hybridized carbons (Fsp3) is 0. The SMILES string of the molecule is O=C(Nc1cn[nH]c1-c1ccccn1)c1cncc(F)c1. The summed E-state index contributed by atoms with van der Waals surface area (Å²) in [6.45, 7) is 0. The Hall–Kier alpha value is -3.09. The fourth-order valence-electron chi connectivity index (χ4n) is 1.82. The summed E-state index contributed by atoms with van der Waals surface area (Å²) in [5, 5.41) is 9.32. The van der Waals surface area contributed by atoms with Gasteiger partial charge in [-0.25, -0.2) is 4.39 Å². The molecule has 0 aliphatic rings. The fourth-order valence-corrected chi connectivity index (χ4v) is 1.82. The van der Waals surface area contributed by atoms with Crippen LogP contribution in [-0.4, -0.2) is 26.1 Å². The molecule has 6 nitrogen and oxygen atoms in total. The number of carbonyl (C=O) groups excluding carboxylic acids is 1. The van der Waals surface area contributed by atoms with Gasteiger partial charge in [0.05, 0.1) is 29.3 Å². The number of aromatic amines is 1. The van der Waals surface area contributed by atoms with E-state index >= 15 is 0 Å². The number of nitrogens with zero attached hydrogens (tertiary/aromatic N) is 3. The molecule has 0 radical (unpaired) electrons. The Morgan fingerprint density at radius 3 is 2.90 bits per heavy atom. The van der Waals surface area contributed by atoms with Crippen LogP contribution in [0.4, 0.5) is 10.1 Å². The van der Waals surface area contributed by atoms with E-state index in [1.165, 1.54) is 12.4 Å². The summed E-state index contributed by atoms with van der Waals surface area (Å²) < 4.78 is 13.1. The zero-order chi connectivity index (χ0) is 14.7. The lowest BCUT2D eigenvalue weighted by atomic mass is 10.2. The Labute approximate surface area is 119 Å². The molecule has 3 aromatic rings. The number of hydrogen-bond donors (Lipinski definition) is 2. The molecule has 104 valence electrons. The molecule has 0 unspecified atom stereocenters. The Morgan fingerprint density at radius 1 is 1.24 bits per heavy atom. The summed E-state index contributed by atoms with van der Waals surface area (Å²) in [5.74, 6) is -1.04. The lowest BCUT2D eigenvalue weighted by Gasteiger charge is -2.05. The van der Waals surface area contributed by atoms with Gasteiger partial charge >= 0.3 is 0 Å². The summed E-state index contributed by atoms with van der Waals surface area (Å²) in [4.78, 5) is 19.9. The van der Waals surface area contributed by atoms with Gasteiger partial charge < -0.3 is 5.32 Å². The molecule has 21 heavy (non-hydrogen) atoms. The third-order valence-electron chi connectivity index (χ3n) is 2.78. The minimum Gasteiger partial charge on any atom is -0.319 e. The van der Waals surface area contributed by atoms with Gasteiger partial charge in [-0.1, -0.05) is 6.07 Å². The zero-order valence-corrected chi connectivity index (χ0v) is 10.7. The molecule has 3 rings (SSSR count). The number of rotatable bonds is 3. The predicted molar refractivity (Wildman–Crippen MR) is 74.0 cm³/mol. The van der Waals surface area contributed by atoms with E-state index in [1.54, 1.807) is 18.3 Å². The van der Waals surface area contributed by atoms with E-state index in [2.05, 4.69) is 25.5 Å². The van der Waals surface area contributed by atoms with Crippen molar-refractivity contribution in [2.24, 2.45) is 0 Å². The van der Waals surface area contributed by atoms with Crippen molar-refractivity contribution in [3.8, 4) is 11.4 Å². The first-order valence-electron chi connectivity index (χ1n) is 6.11. The molecule has 7 heteroatoms. The Bertz CT molecular complexity index is 772. The van der Waals surface area contributed by atoms with Crippen LogP contribution in [-0.2, 0) is 0 Å². The quantitative estimate of drug-likeness (QED) is 0.772. The maximum Gasteiger partial charge on any atom is 0.257 e. The molecule has 3 heterocycles. The van der Waals surface area contributed by atoms with E-state index in [1.807, 2.05) is 6.07 Å². The molecule has 3 aromatic heterocycles. The van der Waals surface area contributed by atoms with Gasteiger partial charge in [-0.3, -0.25) is 19.9 Å². The monoisotopic (exact) mass is 283 g/mol. The molecule has 0 spiro atoms. The van der Waals surface area contributed by atoms with Crippen LogP contribution in [0.5, 0.6) is 0 Å². The molecular weight excluding hydrogens is 273 g/mol. The van der Waals surface area contributed by atoms with Crippen LogP contribution in [0.15, 0.2) is 49.1 Å². The van der Waals surface area contributed by atoms with Crippen molar-refractivity contribution in [2.45, 2.75) is 0 Å². The molecule has 0 aromatic carbocycles. The van der Waals surface area contributed by atoms with Crippen LogP contribution in [0.3, 0.4) is 0 Å². The second-order valence-electron chi connectivity index (χ2n) is 4.22. The van der Waals surface area contributed by atoms with Gasteiger partial charge in [-0.05, 0) is 18.2 Å². The van der Waals surface area contributed by atoms with Gasteiger partial charge in [-0.2, -0.15) is 5.10 Å². The van der Waals surface area contributed by atoms with Crippen LogP contribution in [0.25, 0.3) is 11.4 Å². The van der Waals surface area contributed by atoms with E-state index in [9.17, 15) is 9.18 Å². The van der Waals surface area contributed by atoms with E-state index in [0.717, 1.165) is 12.3 Å². The molecule has 0 saturated carbocycles. The summed E-state index contributed by atoms with van der Waals surface area (Å²) in [7, 11) is 0. The molecule has 0 fully saturated rings. The van der Waals surface area contributed by atoms with E-state index < -0.39 is 11.7 Å². The normalized spacial score (nSPS) is 10.3. The summed E-state index contributed by atoms with van der Waals surface area (Å²) >= 11 is 0. The number of pyridine rings is 2. The highest BCUT2D eigenvalue weighted by Gasteiger charge is 2.13. The van der Waals surface area contributed by atoms with Crippen molar-refractivity contribution in [1.82, 2.24) is 20.2 Å². The Kier molecular flexibility index (Phi) is 3.38. The molecular formula is C14H10FN5O. The van der Waals surface area contributed by atoms with E-state index in [4.69, 9.17) is 0 Å². The Morgan fingerprint density at radius 2 is 2.14 bits per heavy atom. The number of halogens is 1. The number of hydrogen-bond acceptors (Lipinski definition) is 4. The molecule has 0 bridgehead atoms. The van der Waals surface area contributed by atoms with E-state index in [0.29, 0.717) is 17.1 Å². The third-order valence-corrected chi connectivity index (χ3v) is 2.78. The number of amides is 1. The highest BCUT2D eigenvalue weighted by atomic mass is 19.1. The highest BCUT2D eigenvalue weighted by Crippen LogP contribution is 2.23. The van der Waals surface area contributed by atoms with E-state index in [-0.39, 0.29) is 5.56 Å². The van der Waals surface area contributed by atoms with Gasteiger partial charge in [0.25, 0.3) is 5.91 Å². The summed E-state index contributed by atoms with van der Waals surface area (Å²) in [6, 6.07) is 6.51. The number of carbonyl (C=O) groups is 1. The first-order chi connectivity index (χ1) is 10.2. The number of nitrogens with one attached hydrogen (secondary N) is 2. The largest absolute Gasteiger partial charge is 0.319 e. The van der Waals surface area contributed by atoms with Crippen molar-refractivity contribution in [3.05, 3.63) is 60.4 Å². The lowest BCUT2D eigenvalue weighted by molar-refractivity contribution is 0.102. The maximum absolute atomic E-state index is 13.1. The van der Waals surface area contributed by atoms with Crippen molar-refractivity contribution in [1.29, 1.82) is 0 Å². The van der Waals surface area contributed by atoms with Crippen molar-refractivity contribution >= 4 is 11.6 Å². The number of aromatic nitrogens is 4. The standard InChI is InChI=1S/C14H10FN5O/c15-10-5-9(6-16-7-10)14(21)19-12-8-18-20-13(12)11-3-1-2-4-17-11/h1-8H,(H,18,20)(H,19,21).